The monoisotopic (exact) mass is 292 g/mol. The molecule has 0 aromatic carbocycles. The Morgan fingerprint density at radius 1 is 1.35 bits per heavy atom. The Morgan fingerprint density at radius 3 is 2.75 bits per heavy atom. The smallest absolute Gasteiger partial charge is 0.357 e. The highest BCUT2D eigenvalue weighted by atomic mass is 32.2. The van der Waals surface area contributed by atoms with Gasteiger partial charge in [-0.15, -0.1) is 10.2 Å². The molecule has 2 saturated carbocycles. The summed E-state index contributed by atoms with van der Waals surface area (Å²) in [6.45, 7) is 0. The fraction of sp³-hybridized carbons (Fsp3) is 0.500. The summed E-state index contributed by atoms with van der Waals surface area (Å²) >= 11 is 1.24. The van der Waals surface area contributed by atoms with Gasteiger partial charge in [0.25, 0.3) is 5.22 Å². The maximum absolute atomic E-state index is 10.8. The number of oxazole rings is 1. The highest BCUT2D eigenvalue weighted by Crippen LogP contribution is 2.46. The van der Waals surface area contributed by atoms with Crippen molar-refractivity contribution in [3.05, 3.63) is 17.8 Å². The van der Waals surface area contributed by atoms with Gasteiger partial charge in [-0.1, -0.05) is 0 Å². The number of aromatic carboxylic acids is 1. The minimum Gasteiger partial charge on any atom is -0.476 e. The van der Waals surface area contributed by atoms with Crippen LogP contribution in [0.3, 0.4) is 0 Å². The predicted octanol–water partition coefficient (Wildman–Crippen LogP) is 2.33. The van der Waals surface area contributed by atoms with Crippen LogP contribution in [0, 0.1) is 0 Å². The molecule has 0 atom stereocenters. The number of carboxylic acids is 1. The van der Waals surface area contributed by atoms with Crippen LogP contribution in [0.25, 0.3) is 0 Å². The Morgan fingerprint density at radius 2 is 2.15 bits per heavy atom. The summed E-state index contributed by atoms with van der Waals surface area (Å²) in [6.07, 6.45) is 5.80. The third-order valence-electron chi connectivity index (χ3n) is 3.43. The van der Waals surface area contributed by atoms with Crippen LogP contribution in [0.1, 0.15) is 54.0 Å². The number of aromatic nitrogens is 4. The average Bonchev–Trinajstić information content (AvgIpc) is 3.35. The lowest BCUT2D eigenvalue weighted by Crippen LogP contribution is -2.01. The molecule has 0 radical (unpaired) electrons. The van der Waals surface area contributed by atoms with Gasteiger partial charge in [-0.05, 0) is 25.7 Å². The molecule has 0 spiro atoms. The second-order valence-electron chi connectivity index (χ2n) is 5.12. The van der Waals surface area contributed by atoms with E-state index in [9.17, 15) is 4.79 Å². The number of rotatable bonds is 5. The van der Waals surface area contributed by atoms with Crippen molar-refractivity contribution in [3.8, 4) is 0 Å². The molecule has 2 aliphatic rings. The lowest BCUT2D eigenvalue weighted by Gasteiger charge is -2.06. The Balaban J connectivity index is 1.62. The first-order valence-electron chi connectivity index (χ1n) is 6.54. The van der Waals surface area contributed by atoms with Gasteiger partial charge < -0.3 is 14.1 Å². The number of hydrogen-bond donors (Lipinski definition) is 1. The first-order chi connectivity index (χ1) is 9.72. The van der Waals surface area contributed by atoms with Gasteiger partial charge in [-0.3, -0.25) is 0 Å². The van der Waals surface area contributed by atoms with Gasteiger partial charge >= 0.3 is 5.97 Å². The zero-order chi connectivity index (χ0) is 13.7. The number of hydrogen-bond acceptors (Lipinski definition) is 6. The average molecular weight is 292 g/mol. The van der Waals surface area contributed by atoms with Crippen LogP contribution >= 0.6 is 11.8 Å². The van der Waals surface area contributed by atoms with Crippen LogP contribution in [-0.4, -0.2) is 30.8 Å². The summed E-state index contributed by atoms with van der Waals surface area (Å²) in [7, 11) is 0. The van der Waals surface area contributed by atoms with Crippen LogP contribution in [0.4, 0.5) is 0 Å². The molecule has 0 saturated heterocycles. The van der Waals surface area contributed by atoms with Crippen molar-refractivity contribution in [1.29, 1.82) is 0 Å². The second kappa shape index (κ2) is 4.34. The Labute approximate surface area is 118 Å². The van der Waals surface area contributed by atoms with Crippen molar-refractivity contribution in [3.63, 3.8) is 0 Å². The van der Waals surface area contributed by atoms with E-state index >= 15 is 0 Å². The second-order valence-corrected chi connectivity index (χ2v) is 6.04. The van der Waals surface area contributed by atoms with E-state index in [-0.39, 0.29) is 5.69 Å². The van der Waals surface area contributed by atoms with Crippen LogP contribution in [0.15, 0.2) is 21.1 Å². The molecule has 7 nitrogen and oxygen atoms in total. The van der Waals surface area contributed by atoms with E-state index in [4.69, 9.17) is 9.52 Å². The van der Waals surface area contributed by atoms with Crippen LogP contribution in [0.5, 0.6) is 0 Å². The van der Waals surface area contributed by atoms with Gasteiger partial charge in [0.15, 0.2) is 5.69 Å². The van der Waals surface area contributed by atoms with Crippen molar-refractivity contribution in [2.45, 2.75) is 48.0 Å². The summed E-state index contributed by atoms with van der Waals surface area (Å²) < 4.78 is 7.33. The number of carbonyl (C=O) groups is 1. The van der Waals surface area contributed by atoms with E-state index in [1.165, 1.54) is 24.6 Å². The molecule has 104 valence electrons. The minimum atomic E-state index is -1.09. The summed E-state index contributed by atoms with van der Waals surface area (Å²) in [6, 6.07) is 0.483. The summed E-state index contributed by atoms with van der Waals surface area (Å²) in [5.74, 6) is 0.500. The van der Waals surface area contributed by atoms with Gasteiger partial charge in [-0.2, -0.15) is 4.98 Å². The molecular weight excluding hydrogens is 280 g/mol. The zero-order valence-electron chi connectivity index (χ0n) is 10.5. The first-order valence-corrected chi connectivity index (χ1v) is 7.35. The predicted molar refractivity (Wildman–Crippen MR) is 67.9 cm³/mol. The Bertz CT molecular complexity index is 672. The van der Waals surface area contributed by atoms with Crippen LogP contribution in [-0.2, 0) is 0 Å². The Hall–Kier alpha value is -1.83. The highest BCUT2D eigenvalue weighted by molar-refractivity contribution is 7.99. The molecule has 2 heterocycles. The standard InChI is InChI=1S/C12H12N4O3S/c17-10(18)8-5-19-12(13-8)20-11-15-14-9(6-1-2-6)16(11)7-3-4-7/h5-7H,1-4H2,(H,17,18). The van der Waals surface area contributed by atoms with E-state index in [0.29, 0.717) is 17.2 Å². The van der Waals surface area contributed by atoms with E-state index in [2.05, 4.69) is 19.7 Å². The fourth-order valence-electron chi connectivity index (χ4n) is 2.13. The normalized spacial score (nSPS) is 18.4. The van der Waals surface area contributed by atoms with Gasteiger partial charge in [0.2, 0.25) is 5.16 Å². The van der Waals surface area contributed by atoms with E-state index in [0.717, 1.165) is 30.1 Å². The van der Waals surface area contributed by atoms with E-state index in [1.807, 2.05) is 0 Å². The zero-order valence-corrected chi connectivity index (χ0v) is 11.3. The molecule has 0 amide bonds. The van der Waals surface area contributed by atoms with Gasteiger partial charge in [0.05, 0.1) is 0 Å². The van der Waals surface area contributed by atoms with Crippen LogP contribution < -0.4 is 0 Å². The molecule has 2 fully saturated rings. The third-order valence-corrected chi connectivity index (χ3v) is 4.25. The van der Waals surface area contributed by atoms with Gasteiger partial charge in [-0.25, -0.2) is 4.79 Å². The SMILES string of the molecule is O=C(O)c1coc(Sc2nnc(C3CC3)n2C2CC2)n1. The molecule has 0 unspecified atom stereocenters. The molecule has 2 aliphatic carbocycles. The molecule has 1 N–H and O–H groups in total. The highest BCUT2D eigenvalue weighted by Gasteiger charge is 2.36. The number of carboxylic acid groups (broad SMARTS) is 1. The molecule has 20 heavy (non-hydrogen) atoms. The quantitative estimate of drug-likeness (QED) is 0.903. The fourth-order valence-corrected chi connectivity index (χ4v) is 2.95. The summed E-state index contributed by atoms with van der Waals surface area (Å²) in [5.41, 5.74) is -0.0904. The topological polar surface area (TPSA) is 94.0 Å². The molecule has 4 rings (SSSR count). The third kappa shape index (κ3) is 2.09. The molecule has 2 aromatic rings. The molecular formula is C12H12N4O3S. The van der Waals surface area contributed by atoms with Crippen molar-refractivity contribution in [1.82, 2.24) is 19.7 Å². The molecule has 8 heteroatoms. The largest absolute Gasteiger partial charge is 0.476 e. The van der Waals surface area contributed by atoms with Crippen molar-refractivity contribution in [2.75, 3.05) is 0 Å². The lowest BCUT2D eigenvalue weighted by atomic mass is 10.4. The van der Waals surface area contributed by atoms with E-state index < -0.39 is 5.97 Å². The Kier molecular flexibility index (Phi) is 2.59. The molecule has 2 aromatic heterocycles. The maximum atomic E-state index is 10.8. The van der Waals surface area contributed by atoms with E-state index in [1.54, 1.807) is 0 Å². The summed E-state index contributed by atoms with van der Waals surface area (Å²) in [5, 5.41) is 18.4. The minimum absolute atomic E-state index is 0.0904. The van der Waals surface area contributed by atoms with Gasteiger partial charge in [0.1, 0.15) is 12.1 Å². The van der Waals surface area contributed by atoms with Crippen molar-refractivity contribution < 1.29 is 14.3 Å². The lowest BCUT2D eigenvalue weighted by molar-refractivity contribution is 0.0690. The maximum Gasteiger partial charge on any atom is 0.357 e. The van der Waals surface area contributed by atoms with Gasteiger partial charge in [0, 0.05) is 23.7 Å². The van der Waals surface area contributed by atoms with Crippen molar-refractivity contribution in [2.24, 2.45) is 0 Å². The molecule has 0 aliphatic heterocycles. The first kappa shape index (κ1) is 12.0. The van der Waals surface area contributed by atoms with Crippen LogP contribution in [0.2, 0.25) is 0 Å². The van der Waals surface area contributed by atoms with Crippen molar-refractivity contribution >= 4 is 17.7 Å². The summed E-state index contributed by atoms with van der Waals surface area (Å²) in [4.78, 5) is 14.7. The molecule has 0 bridgehead atoms. The number of nitrogens with zero attached hydrogens (tertiary/aromatic N) is 4.